The molecule has 0 bridgehead atoms. The average molecular weight is 254 g/mol. The molecule has 2 rings (SSSR count). The summed E-state index contributed by atoms with van der Waals surface area (Å²) in [5.41, 5.74) is 1.80. The van der Waals surface area contributed by atoms with Crippen LogP contribution in [0.5, 0.6) is 0 Å². The zero-order valence-corrected chi connectivity index (χ0v) is 10.8. The third-order valence-corrected chi connectivity index (χ3v) is 4.85. The van der Waals surface area contributed by atoms with E-state index in [4.69, 9.17) is 0 Å². The quantitative estimate of drug-likeness (QED) is 0.853. The highest BCUT2D eigenvalue weighted by Gasteiger charge is 2.28. The highest BCUT2D eigenvalue weighted by atomic mass is 32.2. The summed E-state index contributed by atoms with van der Waals surface area (Å²) >= 11 is 0. The van der Waals surface area contributed by atoms with Gasteiger partial charge in [-0.3, -0.25) is 4.72 Å². The Morgan fingerprint density at radius 1 is 1.47 bits per heavy atom. The molecule has 1 heterocycles. The van der Waals surface area contributed by atoms with Crippen molar-refractivity contribution in [1.29, 1.82) is 0 Å². The van der Waals surface area contributed by atoms with E-state index in [2.05, 4.69) is 17.0 Å². The summed E-state index contributed by atoms with van der Waals surface area (Å²) in [5.74, 6) is 0. The zero-order valence-electron chi connectivity index (χ0n) is 9.94. The van der Waals surface area contributed by atoms with E-state index >= 15 is 0 Å². The Bertz CT molecular complexity index is 479. The molecule has 0 radical (unpaired) electrons. The smallest absolute Gasteiger partial charge is 0.236 e. The number of hydrogen-bond acceptors (Lipinski definition) is 3. The van der Waals surface area contributed by atoms with Gasteiger partial charge >= 0.3 is 0 Å². The Labute approximate surface area is 102 Å². The zero-order chi connectivity index (χ0) is 12.3. The molecule has 1 saturated heterocycles. The number of sulfonamides is 1. The second-order valence-corrected chi connectivity index (χ2v) is 6.28. The van der Waals surface area contributed by atoms with Crippen LogP contribution in [0.25, 0.3) is 0 Å². The van der Waals surface area contributed by atoms with Gasteiger partial charge in [-0.1, -0.05) is 19.1 Å². The molecule has 1 fully saturated rings. The molecule has 0 aromatic heterocycles. The summed E-state index contributed by atoms with van der Waals surface area (Å²) in [6.45, 7) is 3.37. The Balaban J connectivity index is 2.13. The second kappa shape index (κ2) is 5.06. The van der Waals surface area contributed by atoms with Crippen LogP contribution in [0.15, 0.2) is 24.3 Å². The van der Waals surface area contributed by atoms with Crippen molar-refractivity contribution in [3.63, 3.8) is 0 Å². The molecule has 1 aliphatic heterocycles. The van der Waals surface area contributed by atoms with Gasteiger partial charge in [-0.15, -0.1) is 0 Å². The fourth-order valence-electron chi connectivity index (χ4n) is 2.00. The lowest BCUT2D eigenvalue weighted by Gasteiger charge is -2.13. The van der Waals surface area contributed by atoms with Gasteiger partial charge in [0.2, 0.25) is 10.0 Å². The van der Waals surface area contributed by atoms with E-state index in [0.29, 0.717) is 18.7 Å². The van der Waals surface area contributed by atoms with Crippen LogP contribution in [0.2, 0.25) is 0 Å². The van der Waals surface area contributed by atoms with Crippen LogP contribution in [-0.2, 0) is 16.4 Å². The predicted octanol–water partition coefficient (Wildman–Crippen LogP) is 1.35. The Hall–Kier alpha value is -1.07. The molecule has 17 heavy (non-hydrogen) atoms. The summed E-state index contributed by atoms with van der Waals surface area (Å²) < 4.78 is 26.8. The fraction of sp³-hybridized carbons (Fsp3) is 0.500. The topological polar surface area (TPSA) is 58.2 Å². The molecule has 5 heteroatoms. The molecule has 2 N–H and O–H groups in total. The predicted molar refractivity (Wildman–Crippen MR) is 69.6 cm³/mol. The number of nitrogens with one attached hydrogen (secondary N) is 2. The molecule has 4 nitrogen and oxygen atoms in total. The highest BCUT2D eigenvalue weighted by Crippen LogP contribution is 2.17. The van der Waals surface area contributed by atoms with Crippen molar-refractivity contribution in [2.24, 2.45) is 0 Å². The minimum atomic E-state index is -3.25. The van der Waals surface area contributed by atoms with Gasteiger partial charge in [0.15, 0.2) is 0 Å². The lowest BCUT2D eigenvalue weighted by Crippen LogP contribution is -2.29. The first-order valence-electron chi connectivity index (χ1n) is 5.93. The number of anilines is 1. The van der Waals surface area contributed by atoms with E-state index in [9.17, 15) is 8.42 Å². The molecule has 0 spiro atoms. The third-order valence-electron chi connectivity index (χ3n) is 3.05. The lowest BCUT2D eigenvalue weighted by atomic mass is 10.1. The van der Waals surface area contributed by atoms with Crippen molar-refractivity contribution in [3.05, 3.63) is 29.8 Å². The molecular weight excluding hydrogens is 236 g/mol. The monoisotopic (exact) mass is 254 g/mol. The van der Waals surface area contributed by atoms with E-state index in [0.717, 1.165) is 18.5 Å². The van der Waals surface area contributed by atoms with Gasteiger partial charge in [-0.05, 0) is 37.1 Å². The van der Waals surface area contributed by atoms with Gasteiger partial charge in [-0.2, -0.15) is 0 Å². The second-order valence-electron chi connectivity index (χ2n) is 4.32. The SMILES string of the molecule is CCc1cccc(NS(=O)(=O)C2CCNC2)c1. The molecule has 0 saturated carbocycles. The Morgan fingerprint density at radius 3 is 2.94 bits per heavy atom. The first kappa shape index (κ1) is 12.4. The van der Waals surface area contributed by atoms with Crippen LogP contribution in [0.3, 0.4) is 0 Å². The van der Waals surface area contributed by atoms with Crippen molar-refractivity contribution in [2.75, 3.05) is 17.8 Å². The van der Waals surface area contributed by atoms with Crippen LogP contribution in [-0.4, -0.2) is 26.8 Å². The van der Waals surface area contributed by atoms with E-state index < -0.39 is 10.0 Å². The van der Waals surface area contributed by atoms with Gasteiger partial charge in [0.1, 0.15) is 0 Å². The first-order valence-corrected chi connectivity index (χ1v) is 7.48. The molecule has 1 unspecified atom stereocenters. The number of benzene rings is 1. The standard InChI is InChI=1S/C12H18N2O2S/c1-2-10-4-3-5-11(8-10)14-17(15,16)12-6-7-13-9-12/h3-5,8,12-14H,2,6-7,9H2,1H3. The summed E-state index contributed by atoms with van der Waals surface area (Å²) in [6, 6.07) is 7.55. The maximum absolute atomic E-state index is 12.1. The minimum Gasteiger partial charge on any atom is -0.315 e. The van der Waals surface area contributed by atoms with Gasteiger partial charge in [0.05, 0.1) is 5.25 Å². The number of hydrogen-bond donors (Lipinski definition) is 2. The third kappa shape index (κ3) is 2.98. The maximum atomic E-state index is 12.1. The number of aryl methyl sites for hydroxylation is 1. The molecule has 0 aliphatic carbocycles. The molecule has 1 aromatic rings. The van der Waals surface area contributed by atoms with Crippen LogP contribution in [0.4, 0.5) is 5.69 Å². The van der Waals surface area contributed by atoms with E-state index in [1.807, 2.05) is 18.2 Å². The molecule has 94 valence electrons. The highest BCUT2D eigenvalue weighted by molar-refractivity contribution is 7.93. The average Bonchev–Trinajstić information content (AvgIpc) is 2.83. The lowest BCUT2D eigenvalue weighted by molar-refractivity contribution is 0.588. The first-order chi connectivity index (χ1) is 8.12. The molecule has 1 aliphatic rings. The van der Waals surface area contributed by atoms with Crippen LogP contribution in [0, 0.1) is 0 Å². The van der Waals surface area contributed by atoms with E-state index in [1.165, 1.54) is 0 Å². The summed E-state index contributed by atoms with van der Waals surface area (Å²) in [5, 5.41) is 2.76. The van der Waals surface area contributed by atoms with Crippen LogP contribution < -0.4 is 10.0 Å². The number of rotatable bonds is 4. The maximum Gasteiger partial charge on any atom is 0.236 e. The van der Waals surface area contributed by atoms with Gasteiger partial charge < -0.3 is 5.32 Å². The van der Waals surface area contributed by atoms with Gasteiger partial charge in [0, 0.05) is 12.2 Å². The fourth-order valence-corrected chi connectivity index (χ4v) is 3.38. The van der Waals surface area contributed by atoms with Crippen molar-refractivity contribution >= 4 is 15.7 Å². The van der Waals surface area contributed by atoms with Crippen LogP contribution >= 0.6 is 0 Å². The summed E-state index contributed by atoms with van der Waals surface area (Å²) in [7, 11) is -3.25. The Kier molecular flexibility index (Phi) is 3.69. The Morgan fingerprint density at radius 2 is 2.29 bits per heavy atom. The molecule has 1 atom stereocenters. The molecule has 0 amide bonds. The van der Waals surface area contributed by atoms with Gasteiger partial charge in [-0.25, -0.2) is 8.42 Å². The summed E-state index contributed by atoms with van der Waals surface area (Å²) in [4.78, 5) is 0. The van der Waals surface area contributed by atoms with Crippen molar-refractivity contribution in [3.8, 4) is 0 Å². The van der Waals surface area contributed by atoms with Gasteiger partial charge in [0.25, 0.3) is 0 Å². The summed E-state index contributed by atoms with van der Waals surface area (Å²) in [6.07, 6.45) is 1.59. The van der Waals surface area contributed by atoms with Crippen molar-refractivity contribution in [1.82, 2.24) is 5.32 Å². The largest absolute Gasteiger partial charge is 0.315 e. The van der Waals surface area contributed by atoms with Crippen molar-refractivity contribution in [2.45, 2.75) is 25.0 Å². The van der Waals surface area contributed by atoms with Crippen molar-refractivity contribution < 1.29 is 8.42 Å². The molecule has 1 aromatic carbocycles. The normalized spacial score (nSPS) is 20.4. The molecular formula is C12H18N2O2S. The van der Waals surface area contributed by atoms with E-state index in [1.54, 1.807) is 6.07 Å². The van der Waals surface area contributed by atoms with Crippen LogP contribution in [0.1, 0.15) is 18.9 Å². The minimum absolute atomic E-state index is 0.312. The van der Waals surface area contributed by atoms with E-state index in [-0.39, 0.29) is 5.25 Å².